The number of aryl methyl sites for hydroxylation is 1. The van der Waals surface area contributed by atoms with Gasteiger partial charge in [0.05, 0.1) is 5.39 Å². The summed E-state index contributed by atoms with van der Waals surface area (Å²) in [7, 11) is 0. The van der Waals surface area contributed by atoms with Crippen molar-refractivity contribution in [2.45, 2.75) is 19.8 Å². The van der Waals surface area contributed by atoms with Gasteiger partial charge in [0.1, 0.15) is 17.2 Å². The molecule has 1 fully saturated rings. The van der Waals surface area contributed by atoms with E-state index in [0.717, 1.165) is 18.7 Å². The smallest absolute Gasteiger partial charge is 0.275 e. The first-order valence-electron chi connectivity index (χ1n) is 8.15. The highest BCUT2D eigenvalue weighted by Crippen LogP contribution is 2.23. The Balaban J connectivity index is 1.56. The molecule has 0 aliphatic carbocycles. The zero-order valence-electron chi connectivity index (χ0n) is 13.7. The topological polar surface area (TPSA) is 91.0 Å². The fourth-order valence-electron chi connectivity index (χ4n) is 3.06. The summed E-state index contributed by atoms with van der Waals surface area (Å²) in [5.74, 6) is 0.381. The van der Waals surface area contributed by atoms with Crippen molar-refractivity contribution >= 4 is 34.2 Å². The van der Waals surface area contributed by atoms with Crippen molar-refractivity contribution in [3.63, 3.8) is 0 Å². The lowest BCUT2D eigenvalue weighted by molar-refractivity contribution is -0.117. The zero-order valence-corrected chi connectivity index (χ0v) is 13.7. The number of nitrogens with one attached hydrogen (secondary N) is 2. The highest BCUT2D eigenvalue weighted by molar-refractivity contribution is 6.10. The van der Waals surface area contributed by atoms with Crippen LogP contribution in [0.15, 0.2) is 36.5 Å². The van der Waals surface area contributed by atoms with E-state index in [1.807, 2.05) is 12.1 Å². The van der Waals surface area contributed by atoms with E-state index in [1.54, 1.807) is 36.2 Å². The van der Waals surface area contributed by atoms with Crippen LogP contribution in [-0.2, 0) is 4.79 Å². The van der Waals surface area contributed by atoms with Gasteiger partial charge in [-0.15, -0.1) is 0 Å². The largest absolute Gasteiger partial charge is 0.346 e. The number of H-pyrrole nitrogens is 1. The number of hydrogen-bond acceptors (Lipinski definition) is 4. The molecule has 0 saturated carbocycles. The maximum atomic E-state index is 12.6. The first-order valence-corrected chi connectivity index (χ1v) is 8.15. The predicted molar refractivity (Wildman–Crippen MR) is 94.6 cm³/mol. The molecule has 1 aromatic carbocycles. The molecule has 3 aromatic rings. The van der Waals surface area contributed by atoms with Gasteiger partial charge in [0, 0.05) is 30.5 Å². The van der Waals surface area contributed by atoms with Crippen LogP contribution in [-0.4, -0.2) is 33.3 Å². The lowest BCUT2D eigenvalue weighted by Crippen LogP contribution is -2.23. The summed E-state index contributed by atoms with van der Waals surface area (Å²) in [4.78, 5) is 37.7. The van der Waals surface area contributed by atoms with E-state index in [0.29, 0.717) is 34.7 Å². The summed E-state index contributed by atoms with van der Waals surface area (Å²) in [6, 6.07) is 9.06. The predicted octanol–water partition coefficient (Wildman–Crippen LogP) is 2.65. The molecule has 4 rings (SSSR count). The molecule has 1 aliphatic heterocycles. The fourth-order valence-corrected chi connectivity index (χ4v) is 3.06. The summed E-state index contributed by atoms with van der Waals surface area (Å²) in [5.41, 5.74) is 2.48. The molecule has 126 valence electrons. The minimum Gasteiger partial charge on any atom is -0.346 e. The molecule has 7 heteroatoms. The number of aromatic nitrogens is 3. The van der Waals surface area contributed by atoms with Crippen LogP contribution in [0.1, 0.15) is 29.2 Å². The summed E-state index contributed by atoms with van der Waals surface area (Å²) < 4.78 is 0. The van der Waals surface area contributed by atoms with Crippen LogP contribution in [0.3, 0.4) is 0 Å². The van der Waals surface area contributed by atoms with Gasteiger partial charge in [0.2, 0.25) is 5.91 Å². The third-order valence-corrected chi connectivity index (χ3v) is 4.25. The molecule has 2 amide bonds. The minimum atomic E-state index is -0.292. The highest BCUT2D eigenvalue weighted by Gasteiger charge is 2.21. The van der Waals surface area contributed by atoms with Gasteiger partial charge < -0.3 is 15.2 Å². The number of carbonyl (C=O) groups excluding carboxylic acids is 2. The lowest BCUT2D eigenvalue weighted by Gasteiger charge is -2.16. The number of aromatic amines is 1. The van der Waals surface area contributed by atoms with Gasteiger partial charge in [-0.05, 0) is 43.7 Å². The Hall–Kier alpha value is -3.22. The van der Waals surface area contributed by atoms with E-state index >= 15 is 0 Å². The lowest BCUT2D eigenvalue weighted by atomic mass is 10.2. The van der Waals surface area contributed by atoms with E-state index < -0.39 is 0 Å². The number of fused-ring (bicyclic) bond motifs is 1. The molecule has 1 saturated heterocycles. The average molecular weight is 335 g/mol. The highest BCUT2D eigenvalue weighted by atomic mass is 16.2. The molecule has 2 aromatic heterocycles. The fraction of sp³-hybridized carbons (Fsp3) is 0.222. The quantitative estimate of drug-likeness (QED) is 0.770. The Morgan fingerprint density at radius 1 is 1.20 bits per heavy atom. The van der Waals surface area contributed by atoms with E-state index in [1.165, 1.54) is 0 Å². The average Bonchev–Trinajstić information content (AvgIpc) is 3.23. The Labute approximate surface area is 144 Å². The van der Waals surface area contributed by atoms with Crippen molar-refractivity contribution in [2.75, 3.05) is 16.8 Å². The third kappa shape index (κ3) is 2.84. The Kier molecular flexibility index (Phi) is 3.68. The number of carbonyl (C=O) groups is 2. The number of benzene rings is 1. The standard InChI is InChI=1S/C18H17N5O2/c1-11-20-16(14-8-9-19-17(14)21-11)18(25)22-12-4-6-13(7-5-12)23-10-2-3-15(23)24/h4-9H,2-3,10H2,1H3,(H,22,25)(H,19,20,21). The first-order chi connectivity index (χ1) is 12.1. The second-order valence-electron chi connectivity index (χ2n) is 6.01. The van der Waals surface area contributed by atoms with Gasteiger partial charge >= 0.3 is 0 Å². The van der Waals surface area contributed by atoms with Gasteiger partial charge in [-0.25, -0.2) is 9.97 Å². The minimum absolute atomic E-state index is 0.142. The van der Waals surface area contributed by atoms with Crippen molar-refractivity contribution in [1.29, 1.82) is 0 Å². The van der Waals surface area contributed by atoms with Crippen molar-refractivity contribution < 1.29 is 9.59 Å². The summed E-state index contributed by atoms with van der Waals surface area (Å²) in [6.45, 7) is 2.50. The van der Waals surface area contributed by atoms with E-state index in [-0.39, 0.29) is 11.8 Å². The van der Waals surface area contributed by atoms with Crippen LogP contribution < -0.4 is 10.2 Å². The van der Waals surface area contributed by atoms with E-state index in [2.05, 4.69) is 20.3 Å². The molecule has 1 aliphatic rings. The first kappa shape index (κ1) is 15.3. The van der Waals surface area contributed by atoms with E-state index in [4.69, 9.17) is 0 Å². The van der Waals surface area contributed by atoms with Crippen molar-refractivity contribution in [2.24, 2.45) is 0 Å². The van der Waals surface area contributed by atoms with Gasteiger partial charge in [-0.1, -0.05) is 0 Å². The van der Waals surface area contributed by atoms with Gasteiger partial charge in [0.15, 0.2) is 0 Å². The summed E-state index contributed by atoms with van der Waals surface area (Å²) in [6.07, 6.45) is 3.21. The second kappa shape index (κ2) is 6.01. The Morgan fingerprint density at radius 3 is 2.72 bits per heavy atom. The molecule has 0 atom stereocenters. The van der Waals surface area contributed by atoms with Crippen molar-refractivity contribution in [1.82, 2.24) is 15.0 Å². The summed E-state index contributed by atoms with van der Waals surface area (Å²) >= 11 is 0. The monoisotopic (exact) mass is 335 g/mol. The second-order valence-corrected chi connectivity index (χ2v) is 6.01. The molecular formula is C18H17N5O2. The molecule has 25 heavy (non-hydrogen) atoms. The SMILES string of the molecule is Cc1nc(C(=O)Nc2ccc(N3CCCC3=O)cc2)c2cc[nH]c2n1. The van der Waals surface area contributed by atoms with Crippen LogP contribution in [0.4, 0.5) is 11.4 Å². The molecule has 0 radical (unpaired) electrons. The van der Waals surface area contributed by atoms with Crippen LogP contribution in [0.5, 0.6) is 0 Å². The van der Waals surface area contributed by atoms with Gasteiger partial charge in [-0.2, -0.15) is 0 Å². The number of amides is 2. The van der Waals surface area contributed by atoms with Gasteiger partial charge in [-0.3, -0.25) is 9.59 Å². The normalized spacial score (nSPS) is 14.3. The van der Waals surface area contributed by atoms with Crippen LogP contribution in [0.2, 0.25) is 0 Å². The maximum Gasteiger partial charge on any atom is 0.275 e. The van der Waals surface area contributed by atoms with Gasteiger partial charge in [0.25, 0.3) is 5.91 Å². The van der Waals surface area contributed by atoms with Crippen LogP contribution in [0.25, 0.3) is 11.0 Å². The molecule has 2 N–H and O–H groups in total. The summed E-state index contributed by atoms with van der Waals surface area (Å²) in [5, 5.41) is 3.53. The number of nitrogens with zero attached hydrogens (tertiary/aromatic N) is 3. The zero-order chi connectivity index (χ0) is 17.4. The molecule has 0 unspecified atom stereocenters. The van der Waals surface area contributed by atoms with Crippen molar-refractivity contribution in [3.8, 4) is 0 Å². The molecule has 0 bridgehead atoms. The molecule has 7 nitrogen and oxygen atoms in total. The van der Waals surface area contributed by atoms with Crippen LogP contribution in [0, 0.1) is 6.92 Å². The molecule has 3 heterocycles. The maximum absolute atomic E-state index is 12.6. The molecule has 0 spiro atoms. The van der Waals surface area contributed by atoms with Crippen LogP contribution >= 0.6 is 0 Å². The van der Waals surface area contributed by atoms with Crippen molar-refractivity contribution in [3.05, 3.63) is 48.0 Å². The Bertz CT molecular complexity index is 961. The van der Waals surface area contributed by atoms with E-state index in [9.17, 15) is 9.59 Å². The number of hydrogen-bond donors (Lipinski definition) is 2. The Morgan fingerprint density at radius 2 is 2.00 bits per heavy atom. The third-order valence-electron chi connectivity index (χ3n) is 4.25. The molecular weight excluding hydrogens is 318 g/mol. The number of rotatable bonds is 3. The number of anilines is 2.